The fourth-order valence-corrected chi connectivity index (χ4v) is 4.55. The minimum atomic E-state index is -0.726. The molecule has 1 aromatic rings. The van der Waals surface area contributed by atoms with Crippen LogP contribution < -0.4 is 21.3 Å². The molecule has 2 unspecified atom stereocenters. The fourth-order valence-electron chi connectivity index (χ4n) is 3.32. The van der Waals surface area contributed by atoms with E-state index in [1.807, 2.05) is 44.1 Å². The number of nitrogens with one attached hydrogen (secondary N) is 4. The molecule has 8 nitrogen and oxygen atoms in total. The quantitative estimate of drug-likeness (QED) is 0.168. The number of aryl methyl sites for hydroxylation is 1. The van der Waals surface area contributed by atoms with Gasteiger partial charge in [0.15, 0.2) is 0 Å². The van der Waals surface area contributed by atoms with Gasteiger partial charge in [0.05, 0.1) is 16.9 Å². The molecule has 0 radical (unpaired) electrons. The van der Waals surface area contributed by atoms with Crippen LogP contribution in [0.2, 0.25) is 0 Å². The van der Waals surface area contributed by atoms with E-state index in [0.29, 0.717) is 17.9 Å². The Labute approximate surface area is 193 Å². The summed E-state index contributed by atoms with van der Waals surface area (Å²) in [5, 5.41) is 24.8. The lowest BCUT2D eigenvalue weighted by Gasteiger charge is -2.22. The topological polar surface area (TPSA) is 101 Å². The van der Waals surface area contributed by atoms with Crippen LogP contribution in [-0.2, 0) is 4.79 Å². The second kappa shape index (κ2) is 11.2. The molecule has 0 aromatic heterocycles. The summed E-state index contributed by atoms with van der Waals surface area (Å²) in [6.07, 6.45) is 4.79. The van der Waals surface area contributed by atoms with Gasteiger partial charge in [0.1, 0.15) is 6.23 Å². The number of nitrogens with zero attached hydrogens (tertiary/aromatic N) is 2. The minimum Gasteiger partial charge on any atom is -0.384 e. The SMILES string of the molecule is C=C/C(=C\C=N/CN(C)C)C(=O)Nc1ccc(C)c(NC(O)C2CC3=C(NCCN3)S2)c1. The van der Waals surface area contributed by atoms with E-state index in [1.54, 1.807) is 24.1 Å². The molecule has 0 aliphatic carbocycles. The maximum Gasteiger partial charge on any atom is 0.255 e. The van der Waals surface area contributed by atoms with Crippen molar-refractivity contribution in [3.8, 4) is 0 Å². The number of thioether (sulfide) groups is 1. The van der Waals surface area contributed by atoms with E-state index in [0.717, 1.165) is 35.8 Å². The normalized spacial score (nSPS) is 19.4. The Balaban J connectivity index is 1.62. The maximum absolute atomic E-state index is 12.6. The first-order chi connectivity index (χ1) is 15.4. The molecule has 1 amide bonds. The van der Waals surface area contributed by atoms with Crippen LogP contribution >= 0.6 is 11.8 Å². The molecule has 3 rings (SSSR count). The number of carbonyl (C=O) groups is 1. The van der Waals surface area contributed by atoms with Gasteiger partial charge >= 0.3 is 0 Å². The fraction of sp³-hybridized carbons (Fsp3) is 0.391. The van der Waals surface area contributed by atoms with E-state index >= 15 is 0 Å². The van der Waals surface area contributed by atoms with Gasteiger partial charge in [-0.05, 0) is 44.8 Å². The molecule has 0 saturated carbocycles. The van der Waals surface area contributed by atoms with Gasteiger partial charge in [0, 0.05) is 48.4 Å². The number of aliphatic imine (C=N–C) groups is 1. The Bertz CT molecular complexity index is 922. The first-order valence-corrected chi connectivity index (χ1v) is 11.5. The number of rotatable bonds is 9. The second-order valence-corrected chi connectivity index (χ2v) is 9.22. The molecule has 0 saturated heterocycles. The van der Waals surface area contributed by atoms with E-state index in [-0.39, 0.29) is 11.2 Å². The van der Waals surface area contributed by atoms with Gasteiger partial charge in [0.2, 0.25) is 0 Å². The molecule has 0 spiro atoms. The molecule has 2 aliphatic rings. The van der Waals surface area contributed by atoms with Crippen LogP contribution in [0.3, 0.4) is 0 Å². The standard InChI is InChI=1S/C23H32N6O2S/c1-5-16(8-9-24-14-29(3)4)21(30)27-17-7-6-15(2)18(12-17)28-22(31)20-13-19-23(32-20)26-11-10-25-19/h5-9,12,20,22,25-26,28,31H,1,10-11,13-14H2,2-4H3,(H,27,30)/b16-8+,24-9-. The van der Waals surface area contributed by atoms with Crippen molar-refractivity contribution >= 4 is 35.3 Å². The third-order valence-electron chi connectivity index (χ3n) is 5.05. The molecule has 2 heterocycles. The average molecular weight is 457 g/mol. The largest absolute Gasteiger partial charge is 0.384 e. The summed E-state index contributed by atoms with van der Waals surface area (Å²) < 4.78 is 0. The number of anilines is 2. The van der Waals surface area contributed by atoms with Crippen molar-refractivity contribution in [1.82, 2.24) is 15.5 Å². The van der Waals surface area contributed by atoms with Crippen LogP contribution in [-0.4, -0.2) is 67.5 Å². The minimum absolute atomic E-state index is 0.00695. The van der Waals surface area contributed by atoms with Crippen LogP contribution in [0.1, 0.15) is 12.0 Å². The molecular weight excluding hydrogens is 424 g/mol. The van der Waals surface area contributed by atoms with Gasteiger partial charge in [-0.15, -0.1) is 0 Å². The average Bonchev–Trinajstić information content (AvgIpc) is 3.20. The highest BCUT2D eigenvalue weighted by molar-refractivity contribution is 8.03. The Kier molecular flexibility index (Phi) is 8.38. The molecule has 0 fully saturated rings. The zero-order valence-electron chi connectivity index (χ0n) is 18.8. The van der Waals surface area contributed by atoms with Crippen molar-refractivity contribution in [2.45, 2.75) is 24.8 Å². The van der Waals surface area contributed by atoms with Gasteiger partial charge in [-0.25, -0.2) is 0 Å². The molecule has 5 N–H and O–H groups in total. The third-order valence-corrected chi connectivity index (χ3v) is 6.41. The van der Waals surface area contributed by atoms with E-state index in [9.17, 15) is 9.90 Å². The molecule has 0 bridgehead atoms. The number of amides is 1. The predicted molar refractivity (Wildman–Crippen MR) is 134 cm³/mol. The number of benzene rings is 1. The zero-order valence-corrected chi connectivity index (χ0v) is 19.6. The van der Waals surface area contributed by atoms with Gasteiger partial charge in [-0.2, -0.15) is 0 Å². The Morgan fingerprint density at radius 1 is 1.41 bits per heavy atom. The van der Waals surface area contributed by atoms with Crippen molar-refractivity contribution in [3.05, 3.63) is 58.8 Å². The molecule has 2 atom stereocenters. The second-order valence-electron chi connectivity index (χ2n) is 7.97. The molecule has 2 aliphatic heterocycles. The molecule has 32 heavy (non-hydrogen) atoms. The third kappa shape index (κ3) is 6.38. The highest BCUT2D eigenvalue weighted by Crippen LogP contribution is 2.38. The van der Waals surface area contributed by atoms with Crippen molar-refractivity contribution < 1.29 is 9.90 Å². The summed E-state index contributed by atoms with van der Waals surface area (Å²) in [4.78, 5) is 18.8. The van der Waals surface area contributed by atoms with Crippen molar-refractivity contribution in [2.24, 2.45) is 4.99 Å². The van der Waals surface area contributed by atoms with Gasteiger partial charge < -0.3 is 26.4 Å². The lowest BCUT2D eigenvalue weighted by atomic mass is 10.1. The summed E-state index contributed by atoms with van der Waals surface area (Å²) in [5.41, 5.74) is 3.98. The Hall–Kier alpha value is -2.75. The Morgan fingerprint density at radius 3 is 2.91 bits per heavy atom. The summed E-state index contributed by atoms with van der Waals surface area (Å²) in [7, 11) is 3.85. The summed E-state index contributed by atoms with van der Waals surface area (Å²) in [6, 6.07) is 5.58. The van der Waals surface area contributed by atoms with Crippen molar-refractivity contribution in [1.29, 1.82) is 0 Å². The highest BCUT2D eigenvalue weighted by Gasteiger charge is 2.32. The number of hydrogen-bond donors (Lipinski definition) is 5. The van der Waals surface area contributed by atoms with Gasteiger partial charge in [0.25, 0.3) is 5.91 Å². The smallest absolute Gasteiger partial charge is 0.255 e. The summed E-state index contributed by atoms with van der Waals surface area (Å²) in [5.74, 6) is -0.271. The molecule has 1 aromatic carbocycles. The van der Waals surface area contributed by atoms with E-state index < -0.39 is 6.23 Å². The lowest BCUT2D eigenvalue weighted by Crippen LogP contribution is -2.33. The Morgan fingerprint density at radius 2 is 2.19 bits per heavy atom. The van der Waals surface area contributed by atoms with Crippen LogP contribution in [0.4, 0.5) is 11.4 Å². The number of aliphatic hydroxyl groups excluding tert-OH is 1. The number of aliphatic hydroxyl groups is 1. The molecule has 9 heteroatoms. The number of carbonyl (C=O) groups excluding carboxylic acids is 1. The molecular formula is C23H32N6O2S. The molecule has 172 valence electrons. The van der Waals surface area contributed by atoms with E-state index in [2.05, 4.69) is 32.8 Å². The summed E-state index contributed by atoms with van der Waals surface area (Å²) >= 11 is 1.65. The van der Waals surface area contributed by atoms with Gasteiger partial charge in [-0.1, -0.05) is 30.5 Å². The van der Waals surface area contributed by atoms with E-state index in [4.69, 9.17) is 0 Å². The van der Waals surface area contributed by atoms with Gasteiger partial charge in [-0.3, -0.25) is 14.7 Å². The zero-order chi connectivity index (χ0) is 23.1. The predicted octanol–water partition coefficient (Wildman–Crippen LogP) is 2.23. The van der Waals surface area contributed by atoms with E-state index in [1.165, 1.54) is 11.8 Å². The monoisotopic (exact) mass is 456 g/mol. The van der Waals surface area contributed by atoms with Crippen LogP contribution in [0, 0.1) is 6.92 Å². The van der Waals surface area contributed by atoms with Crippen molar-refractivity contribution in [3.63, 3.8) is 0 Å². The van der Waals surface area contributed by atoms with Crippen LogP contribution in [0.25, 0.3) is 0 Å². The lowest BCUT2D eigenvalue weighted by molar-refractivity contribution is -0.112. The maximum atomic E-state index is 12.6. The summed E-state index contributed by atoms with van der Waals surface area (Å²) in [6.45, 7) is 8.02. The van der Waals surface area contributed by atoms with Crippen molar-refractivity contribution in [2.75, 3.05) is 44.5 Å². The van der Waals surface area contributed by atoms with Crippen LogP contribution in [0.15, 0.2) is 58.2 Å². The van der Waals surface area contributed by atoms with Crippen LogP contribution in [0.5, 0.6) is 0 Å². The highest BCUT2D eigenvalue weighted by atomic mass is 32.2. The first kappa shape index (κ1) is 23.9. The number of allylic oxidation sites excluding steroid dienone is 2. The number of hydrogen-bond acceptors (Lipinski definition) is 8. The first-order valence-electron chi connectivity index (χ1n) is 10.6.